The van der Waals surface area contributed by atoms with E-state index < -0.39 is 0 Å². The molecular weight excluding hydrogens is 482 g/mol. The van der Waals surface area contributed by atoms with E-state index in [0.717, 1.165) is 37.4 Å². The molecule has 26 heavy (non-hydrogen) atoms. The molecule has 3 rings (SSSR count). The third-order valence-corrected chi connectivity index (χ3v) is 5.94. The summed E-state index contributed by atoms with van der Waals surface area (Å²) in [5.74, 6) is 0.401. The van der Waals surface area contributed by atoms with Crippen LogP contribution in [0.15, 0.2) is 50.2 Å². The molecule has 0 N–H and O–H groups in total. The Morgan fingerprint density at radius 2 is 1.73 bits per heavy atom. The summed E-state index contributed by atoms with van der Waals surface area (Å²) in [4.78, 5) is 26.6. The maximum absolute atomic E-state index is 12.7. The number of aryl methyl sites for hydroxylation is 1. The molecule has 0 atom stereocenters. The monoisotopic (exact) mass is 495 g/mol. The van der Waals surface area contributed by atoms with Crippen LogP contribution in [0.3, 0.4) is 0 Å². The molecule has 0 spiro atoms. The van der Waals surface area contributed by atoms with E-state index in [1.165, 1.54) is 4.90 Å². The van der Waals surface area contributed by atoms with E-state index in [-0.39, 0.29) is 17.7 Å². The van der Waals surface area contributed by atoms with Crippen molar-refractivity contribution in [1.29, 1.82) is 0 Å². The van der Waals surface area contributed by atoms with Crippen molar-refractivity contribution in [3.63, 3.8) is 0 Å². The average molecular weight is 497 g/mol. The minimum Gasteiger partial charge on any atom is -0.494 e. The van der Waals surface area contributed by atoms with Gasteiger partial charge in [0.25, 0.3) is 11.1 Å². The summed E-state index contributed by atoms with van der Waals surface area (Å²) < 4.78 is 6.81. The number of methoxy groups -OCH3 is 1. The van der Waals surface area contributed by atoms with Crippen LogP contribution in [-0.2, 0) is 11.3 Å². The largest absolute Gasteiger partial charge is 0.494 e. The molecule has 7 heteroatoms. The maximum Gasteiger partial charge on any atom is 0.293 e. The van der Waals surface area contributed by atoms with Crippen LogP contribution in [0, 0.1) is 6.92 Å². The van der Waals surface area contributed by atoms with Crippen LogP contribution < -0.4 is 4.74 Å². The van der Waals surface area contributed by atoms with E-state index in [2.05, 4.69) is 31.9 Å². The number of halogens is 2. The molecule has 1 saturated heterocycles. The smallest absolute Gasteiger partial charge is 0.293 e. The summed E-state index contributed by atoms with van der Waals surface area (Å²) in [7, 11) is 1.58. The highest BCUT2D eigenvalue weighted by atomic mass is 79.9. The SMILES string of the molecule is COc1c(Br)cc(/C=C2\SC(=O)N(Cc3ccc(C)cc3)C2=O)cc1Br. The van der Waals surface area contributed by atoms with Crippen molar-refractivity contribution >= 4 is 60.8 Å². The number of rotatable bonds is 4. The minimum absolute atomic E-state index is 0.256. The quantitative estimate of drug-likeness (QED) is 0.504. The van der Waals surface area contributed by atoms with Gasteiger partial charge in [-0.3, -0.25) is 14.5 Å². The van der Waals surface area contributed by atoms with Gasteiger partial charge in [-0.1, -0.05) is 29.8 Å². The standard InChI is InChI=1S/C19H15Br2NO3S/c1-11-3-5-12(6-4-11)10-22-18(23)16(26-19(22)24)9-13-7-14(20)17(25-2)15(21)8-13/h3-9H,10H2,1-2H3/b16-9-. The average Bonchev–Trinajstić information content (AvgIpc) is 2.84. The van der Waals surface area contributed by atoms with Gasteiger partial charge in [-0.25, -0.2) is 0 Å². The molecule has 1 fully saturated rings. The number of ether oxygens (including phenoxy) is 1. The van der Waals surface area contributed by atoms with Crippen molar-refractivity contribution in [2.24, 2.45) is 0 Å². The number of benzene rings is 2. The van der Waals surface area contributed by atoms with Crippen molar-refractivity contribution in [3.8, 4) is 5.75 Å². The maximum atomic E-state index is 12.7. The number of amides is 2. The van der Waals surface area contributed by atoms with Gasteiger partial charge >= 0.3 is 0 Å². The first-order chi connectivity index (χ1) is 12.4. The molecule has 0 radical (unpaired) electrons. The number of imide groups is 1. The van der Waals surface area contributed by atoms with Crippen molar-refractivity contribution in [2.75, 3.05) is 7.11 Å². The normalized spacial score (nSPS) is 15.8. The minimum atomic E-state index is -0.274. The molecule has 2 aromatic carbocycles. The first-order valence-corrected chi connectivity index (χ1v) is 10.1. The van der Waals surface area contributed by atoms with Crippen LogP contribution in [0.5, 0.6) is 5.75 Å². The molecule has 2 aromatic rings. The topological polar surface area (TPSA) is 46.6 Å². The Bertz CT molecular complexity index is 886. The van der Waals surface area contributed by atoms with Crippen molar-refractivity contribution in [3.05, 3.63) is 66.9 Å². The second kappa shape index (κ2) is 7.98. The van der Waals surface area contributed by atoms with Crippen LogP contribution in [0.1, 0.15) is 16.7 Å². The fourth-order valence-corrected chi connectivity index (χ4v) is 4.91. The number of hydrogen-bond donors (Lipinski definition) is 0. The van der Waals surface area contributed by atoms with E-state index >= 15 is 0 Å². The highest BCUT2D eigenvalue weighted by Gasteiger charge is 2.35. The van der Waals surface area contributed by atoms with Crippen LogP contribution in [0.4, 0.5) is 4.79 Å². The van der Waals surface area contributed by atoms with Gasteiger partial charge in [0.15, 0.2) is 0 Å². The van der Waals surface area contributed by atoms with E-state index in [9.17, 15) is 9.59 Å². The lowest BCUT2D eigenvalue weighted by molar-refractivity contribution is -0.123. The predicted molar refractivity (Wildman–Crippen MR) is 111 cm³/mol. The summed E-state index contributed by atoms with van der Waals surface area (Å²) in [6.45, 7) is 2.27. The lowest BCUT2D eigenvalue weighted by Gasteiger charge is -2.12. The Morgan fingerprint density at radius 3 is 2.31 bits per heavy atom. The molecule has 1 heterocycles. The second-order valence-electron chi connectivity index (χ2n) is 5.77. The zero-order valence-corrected chi connectivity index (χ0v) is 18.1. The van der Waals surface area contributed by atoms with Gasteiger partial charge < -0.3 is 4.74 Å². The van der Waals surface area contributed by atoms with Crippen molar-refractivity contribution in [1.82, 2.24) is 4.90 Å². The van der Waals surface area contributed by atoms with Crippen LogP contribution in [-0.4, -0.2) is 23.2 Å². The molecule has 0 aromatic heterocycles. The van der Waals surface area contributed by atoms with Crippen molar-refractivity contribution in [2.45, 2.75) is 13.5 Å². The Balaban J connectivity index is 1.84. The highest BCUT2D eigenvalue weighted by Crippen LogP contribution is 2.37. The molecule has 0 saturated carbocycles. The lowest BCUT2D eigenvalue weighted by Crippen LogP contribution is -2.27. The van der Waals surface area contributed by atoms with Gasteiger partial charge in [0.2, 0.25) is 0 Å². The molecule has 4 nitrogen and oxygen atoms in total. The molecular formula is C19H15Br2NO3S. The fraction of sp³-hybridized carbons (Fsp3) is 0.158. The third kappa shape index (κ3) is 4.05. The molecule has 2 amide bonds. The molecule has 1 aliphatic rings. The molecule has 134 valence electrons. The van der Waals surface area contributed by atoms with Gasteiger partial charge in [0.1, 0.15) is 5.75 Å². The van der Waals surface area contributed by atoms with E-state index in [4.69, 9.17) is 4.74 Å². The van der Waals surface area contributed by atoms with Crippen LogP contribution in [0.25, 0.3) is 6.08 Å². The number of thioether (sulfide) groups is 1. The van der Waals surface area contributed by atoms with Gasteiger partial charge in [-0.15, -0.1) is 0 Å². The van der Waals surface area contributed by atoms with Gasteiger partial charge in [0, 0.05) is 0 Å². The molecule has 0 bridgehead atoms. The zero-order chi connectivity index (χ0) is 18.8. The van der Waals surface area contributed by atoms with Gasteiger partial charge in [-0.2, -0.15) is 0 Å². The van der Waals surface area contributed by atoms with Crippen molar-refractivity contribution < 1.29 is 14.3 Å². The Hall–Kier alpha value is -1.57. The number of carbonyl (C=O) groups is 2. The highest BCUT2D eigenvalue weighted by molar-refractivity contribution is 9.11. The van der Waals surface area contributed by atoms with E-state index in [1.54, 1.807) is 13.2 Å². The molecule has 1 aliphatic heterocycles. The summed E-state index contributed by atoms with van der Waals surface area (Å²) in [6, 6.07) is 11.5. The number of carbonyl (C=O) groups excluding carboxylic acids is 2. The first-order valence-electron chi connectivity index (χ1n) is 7.73. The lowest BCUT2D eigenvalue weighted by atomic mass is 10.1. The number of hydrogen-bond acceptors (Lipinski definition) is 4. The zero-order valence-electron chi connectivity index (χ0n) is 14.1. The van der Waals surface area contributed by atoms with E-state index in [0.29, 0.717) is 10.7 Å². The van der Waals surface area contributed by atoms with Crippen LogP contribution >= 0.6 is 43.6 Å². The second-order valence-corrected chi connectivity index (χ2v) is 8.47. The van der Waals surface area contributed by atoms with Gasteiger partial charge in [-0.05, 0) is 79.9 Å². The van der Waals surface area contributed by atoms with Gasteiger partial charge in [0.05, 0.1) is 27.5 Å². The molecule has 0 unspecified atom stereocenters. The Labute approximate surface area is 172 Å². The summed E-state index contributed by atoms with van der Waals surface area (Å²) in [5.41, 5.74) is 2.86. The third-order valence-electron chi connectivity index (χ3n) is 3.86. The van der Waals surface area contributed by atoms with E-state index in [1.807, 2.05) is 43.3 Å². The number of nitrogens with zero attached hydrogens (tertiary/aromatic N) is 1. The predicted octanol–water partition coefficient (Wildman–Crippen LogP) is 5.77. The van der Waals surface area contributed by atoms with Crippen LogP contribution in [0.2, 0.25) is 0 Å². The Kier molecular flexibility index (Phi) is 5.89. The Morgan fingerprint density at radius 1 is 1.12 bits per heavy atom. The summed E-state index contributed by atoms with van der Waals surface area (Å²) in [6.07, 6.45) is 1.72. The summed E-state index contributed by atoms with van der Waals surface area (Å²) >= 11 is 7.84. The fourth-order valence-electron chi connectivity index (χ4n) is 2.52. The molecule has 0 aliphatic carbocycles. The summed E-state index contributed by atoms with van der Waals surface area (Å²) in [5, 5.41) is -0.256. The first kappa shape index (κ1) is 19.2.